The minimum Gasteiger partial charge on any atom is -0.474 e. The van der Waals surface area contributed by atoms with Crippen molar-refractivity contribution in [1.82, 2.24) is 10.3 Å². The predicted molar refractivity (Wildman–Crippen MR) is 87.6 cm³/mol. The Labute approximate surface area is 129 Å². The number of hydrogen-bond acceptors (Lipinski definition) is 3. The van der Waals surface area contributed by atoms with Crippen LogP contribution in [0.3, 0.4) is 0 Å². The van der Waals surface area contributed by atoms with E-state index < -0.39 is 0 Å². The molecule has 0 spiro atoms. The number of rotatable bonds is 6. The highest BCUT2D eigenvalue weighted by atomic mass is 16.5. The molecule has 2 rings (SSSR count). The van der Waals surface area contributed by atoms with Crippen LogP contribution in [0.5, 0.6) is 5.88 Å². The lowest BCUT2D eigenvalue weighted by Gasteiger charge is -2.32. The molecule has 1 N–H and O–H groups in total. The topological polar surface area (TPSA) is 34.2 Å². The SMILES string of the molecule is CCCNCc1cc(C)nc(OC2CCC(C)C(C)C2)c1. The van der Waals surface area contributed by atoms with Gasteiger partial charge in [0.2, 0.25) is 5.88 Å². The molecule has 1 fully saturated rings. The van der Waals surface area contributed by atoms with E-state index in [0.29, 0.717) is 6.10 Å². The maximum atomic E-state index is 6.16. The number of aromatic nitrogens is 1. The summed E-state index contributed by atoms with van der Waals surface area (Å²) in [5.41, 5.74) is 2.31. The molecule has 0 aromatic carbocycles. The molecule has 3 heteroatoms. The lowest BCUT2D eigenvalue weighted by atomic mass is 9.80. The maximum Gasteiger partial charge on any atom is 0.214 e. The number of ether oxygens (including phenoxy) is 1. The van der Waals surface area contributed by atoms with Gasteiger partial charge in [0.1, 0.15) is 6.10 Å². The summed E-state index contributed by atoms with van der Waals surface area (Å²) in [4.78, 5) is 4.55. The van der Waals surface area contributed by atoms with Crippen LogP contribution in [0.2, 0.25) is 0 Å². The summed E-state index contributed by atoms with van der Waals surface area (Å²) in [6, 6.07) is 4.24. The van der Waals surface area contributed by atoms with E-state index >= 15 is 0 Å². The summed E-state index contributed by atoms with van der Waals surface area (Å²) in [7, 11) is 0. The van der Waals surface area contributed by atoms with Crippen LogP contribution in [-0.2, 0) is 6.54 Å². The molecule has 3 nitrogen and oxygen atoms in total. The second-order valence-corrected chi connectivity index (χ2v) is 6.64. The van der Waals surface area contributed by atoms with Gasteiger partial charge in [-0.2, -0.15) is 0 Å². The van der Waals surface area contributed by atoms with E-state index in [1.165, 1.54) is 12.0 Å². The van der Waals surface area contributed by atoms with Gasteiger partial charge in [0.15, 0.2) is 0 Å². The van der Waals surface area contributed by atoms with Crippen molar-refractivity contribution in [3.05, 3.63) is 23.4 Å². The highest BCUT2D eigenvalue weighted by Crippen LogP contribution is 2.31. The second-order valence-electron chi connectivity index (χ2n) is 6.64. The largest absolute Gasteiger partial charge is 0.474 e. The minimum absolute atomic E-state index is 0.335. The van der Waals surface area contributed by atoms with E-state index in [4.69, 9.17) is 4.74 Å². The van der Waals surface area contributed by atoms with Gasteiger partial charge in [-0.15, -0.1) is 0 Å². The lowest BCUT2D eigenvalue weighted by molar-refractivity contribution is 0.0962. The summed E-state index contributed by atoms with van der Waals surface area (Å²) >= 11 is 0. The van der Waals surface area contributed by atoms with Crippen molar-refractivity contribution in [2.45, 2.75) is 66.0 Å². The molecule has 1 aliphatic rings. The zero-order valence-electron chi connectivity index (χ0n) is 14.0. The third-order valence-corrected chi connectivity index (χ3v) is 4.58. The molecule has 1 aromatic heterocycles. The van der Waals surface area contributed by atoms with Crippen LogP contribution >= 0.6 is 0 Å². The molecule has 1 aliphatic carbocycles. The van der Waals surface area contributed by atoms with Crippen molar-refractivity contribution < 1.29 is 4.74 Å². The smallest absolute Gasteiger partial charge is 0.214 e. The quantitative estimate of drug-likeness (QED) is 0.801. The van der Waals surface area contributed by atoms with Gasteiger partial charge in [0.05, 0.1) is 0 Å². The molecule has 0 bridgehead atoms. The third-order valence-electron chi connectivity index (χ3n) is 4.58. The molecule has 118 valence electrons. The van der Waals surface area contributed by atoms with Crippen molar-refractivity contribution >= 4 is 0 Å². The van der Waals surface area contributed by atoms with Gasteiger partial charge in [0, 0.05) is 18.3 Å². The fraction of sp³-hybridized carbons (Fsp3) is 0.722. The van der Waals surface area contributed by atoms with E-state index in [1.807, 2.05) is 6.92 Å². The molecule has 3 unspecified atom stereocenters. The fourth-order valence-electron chi connectivity index (χ4n) is 3.05. The number of aryl methyl sites for hydroxylation is 1. The zero-order valence-corrected chi connectivity index (χ0v) is 14.0. The van der Waals surface area contributed by atoms with E-state index in [-0.39, 0.29) is 0 Å². The first-order valence-electron chi connectivity index (χ1n) is 8.43. The van der Waals surface area contributed by atoms with Gasteiger partial charge in [-0.3, -0.25) is 0 Å². The Hall–Kier alpha value is -1.09. The van der Waals surface area contributed by atoms with Crippen molar-refractivity contribution in [3.63, 3.8) is 0 Å². The molecular weight excluding hydrogens is 260 g/mol. The Balaban J connectivity index is 1.96. The highest BCUT2D eigenvalue weighted by molar-refractivity contribution is 5.24. The molecular formula is C18H30N2O. The Bertz CT molecular complexity index is 447. The van der Waals surface area contributed by atoms with Crippen LogP contribution in [0.4, 0.5) is 0 Å². The number of pyridine rings is 1. The Kier molecular flexibility index (Phi) is 6.04. The van der Waals surface area contributed by atoms with Gasteiger partial charge in [0.25, 0.3) is 0 Å². The molecule has 3 atom stereocenters. The average molecular weight is 290 g/mol. The first-order chi connectivity index (χ1) is 10.1. The van der Waals surface area contributed by atoms with Gasteiger partial charge < -0.3 is 10.1 Å². The molecule has 1 saturated carbocycles. The minimum atomic E-state index is 0.335. The molecule has 1 aromatic rings. The monoisotopic (exact) mass is 290 g/mol. The summed E-state index contributed by atoms with van der Waals surface area (Å²) in [5.74, 6) is 2.37. The molecule has 0 amide bonds. The van der Waals surface area contributed by atoms with Gasteiger partial charge in [-0.1, -0.05) is 20.8 Å². The summed E-state index contributed by atoms with van der Waals surface area (Å²) in [6.07, 6.45) is 5.07. The normalized spacial score (nSPS) is 25.8. The molecule has 0 radical (unpaired) electrons. The highest BCUT2D eigenvalue weighted by Gasteiger charge is 2.26. The Morgan fingerprint density at radius 3 is 2.76 bits per heavy atom. The first kappa shape index (κ1) is 16.3. The van der Waals surface area contributed by atoms with Crippen LogP contribution in [-0.4, -0.2) is 17.6 Å². The van der Waals surface area contributed by atoms with E-state index in [0.717, 1.165) is 55.8 Å². The van der Waals surface area contributed by atoms with Crippen LogP contribution in [0.25, 0.3) is 0 Å². The Morgan fingerprint density at radius 1 is 1.24 bits per heavy atom. The predicted octanol–water partition coefficient (Wildman–Crippen LogP) is 4.09. The standard InChI is InChI=1S/C18H30N2O/c1-5-8-19-12-16-10-15(4)20-18(11-16)21-17-7-6-13(2)14(3)9-17/h10-11,13-14,17,19H,5-9,12H2,1-4H3. The number of hydrogen-bond donors (Lipinski definition) is 1. The van der Waals surface area contributed by atoms with Crippen molar-refractivity contribution in [2.75, 3.05) is 6.54 Å². The molecule has 1 heterocycles. The van der Waals surface area contributed by atoms with Crippen LogP contribution in [0, 0.1) is 18.8 Å². The first-order valence-corrected chi connectivity index (χ1v) is 8.43. The van der Waals surface area contributed by atoms with E-state index in [1.54, 1.807) is 0 Å². The zero-order chi connectivity index (χ0) is 15.2. The van der Waals surface area contributed by atoms with Gasteiger partial charge in [-0.25, -0.2) is 4.98 Å². The van der Waals surface area contributed by atoms with Crippen molar-refractivity contribution in [3.8, 4) is 5.88 Å². The van der Waals surface area contributed by atoms with Gasteiger partial charge >= 0.3 is 0 Å². The number of nitrogens with zero attached hydrogens (tertiary/aromatic N) is 1. The fourth-order valence-corrected chi connectivity index (χ4v) is 3.05. The van der Waals surface area contributed by atoms with E-state index in [9.17, 15) is 0 Å². The van der Waals surface area contributed by atoms with Crippen molar-refractivity contribution in [2.24, 2.45) is 11.8 Å². The Morgan fingerprint density at radius 2 is 2.05 bits per heavy atom. The van der Waals surface area contributed by atoms with E-state index in [2.05, 4.69) is 43.2 Å². The van der Waals surface area contributed by atoms with Crippen molar-refractivity contribution in [1.29, 1.82) is 0 Å². The third kappa shape index (κ3) is 4.99. The summed E-state index contributed by atoms with van der Waals surface area (Å²) < 4.78 is 6.16. The van der Waals surface area contributed by atoms with Crippen LogP contribution in [0.1, 0.15) is 57.7 Å². The molecule has 21 heavy (non-hydrogen) atoms. The maximum absolute atomic E-state index is 6.16. The van der Waals surface area contributed by atoms with Crippen LogP contribution in [0.15, 0.2) is 12.1 Å². The number of nitrogens with one attached hydrogen (secondary N) is 1. The molecule has 0 saturated heterocycles. The summed E-state index contributed by atoms with van der Waals surface area (Å²) in [6.45, 7) is 10.9. The molecule has 0 aliphatic heterocycles. The lowest BCUT2D eigenvalue weighted by Crippen LogP contribution is -2.29. The average Bonchev–Trinajstić information content (AvgIpc) is 2.43. The summed E-state index contributed by atoms with van der Waals surface area (Å²) in [5, 5.41) is 3.44. The van der Waals surface area contributed by atoms with Crippen LogP contribution < -0.4 is 10.1 Å². The van der Waals surface area contributed by atoms with Gasteiger partial charge in [-0.05, 0) is 62.6 Å². The second kappa shape index (κ2) is 7.79.